The monoisotopic (exact) mass is 755 g/mol. The standard InChI is InChI=1S/C44H76B2O4S2/c1-11-13-15-17-19-21-23-25-27-29-31-35-33-37(45-47-41(3,4)42(5,6)48-45)51-39(35)40-36(32-30-28-26-24-22-20-18-16-14-12-2)34-38(52-40)46-49-43(7,8)44(9,10)50-46/h33-34H,11-32H2,1-10H3. The molecule has 0 aromatic carbocycles. The van der Waals surface area contributed by atoms with E-state index < -0.39 is 0 Å². The van der Waals surface area contributed by atoms with Gasteiger partial charge in [-0.25, -0.2) is 0 Å². The lowest BCUT2D eigenvalue weighted by atomic mass is 9.86. The first-order valence-electron chi connectivity index (χ1n) is 21.7. The molecule has 2 fully saturated rings. The smallest absolute Gasteiger partial charge is 0.399 e. The Balaban J connectivity index is 1.51. The van der Waals surface area contributed by atoms with Gasteiger partial charge in [0.15, 0.2) is 0 Å². The summed E-state index contributed by atoms with van der Waals surface area (Å²) in [5.74, 6) is 0. The van der Waals surface area contributed by atoms with Crippen LogP contribution in [0.4, 0.5) is 0 Å². The van der Waals surface area contributed by atoms with Crippen molar-refractivity contribution in [3.8, 4) is 9.75 Å². The molecule has 0 spiro atoms. The van der Waals surface area contributed by atoms with Crippen molar-refractivity contribution in [1.29, 1.82) is 0 Å². The van der Waals surface area contributed by atoms with Crippen LogP contribution in [0.15, 0.2) is 12.1 Å². The zero-order chi connectivity index (χ0) is 37.8. The molecule has 4 rings (SSSR count). The third-order valence-electron chi connectivity index (χ3n) is 12.4. The molecule has 8 heteroatoms. The lowest BCUT2D eigenvalue weighted by Crippen LogP contribution is -2.41. The third-order valence-corrected chi connectivity index (χ3v) is 15.0. The fourth-order valence-corrected chi connectivity index (χ4v) is 9.95. The highest BCUT2D eigenvalue weighted by Gasteiger charge is 2.53. The van der Waals surface area contributed by atoms with E-state index in [2.05, 4.69) is 81.4 Å². The van der Waals surface area contributed by atoms with Crippen LogP contribution in [-0.2, 0) is 31.5 Å². The van der Waals surface area contributed by atoms with Gasteiger partial charge in [0.05, 0.1) is 22.4 Å². The van der Waals surface area contributed by atoms with Crippen molar-refractivity contribution in [2.45, 2.75) is 233 Å². The highest BCUT2D eigenvalue weighted by Crippen LogP contribution is 2.42. The first-order valence-corrected chi connectivity index (χ1v) is 23.3. The van der Waals surface area contributed by atoms with Crippen LogP contribution in [-0.4, -0.2) is 36.6 Å². The molecule has 294 valence electrons. The van der Waals surface area contributed by atoms with Gasteiger partial charge in [0, 0.05) is 19.3 Å². The van der Waals surface area contributed by atoms with Crippen LogP contribution < -0.4 is 9.55 Å². The highest BCUT2D eigenvalue weighted by atomic mass is 32.1. The molecule has 2 aromatic rings. The lowest BCUT2D eigenvalue weighted by molar-refractivity contribution is 0.00578. The van der Waals surface area contributed by atoms with Crippen LogP contribution in [0.3, 0.4) is 0 Å². The van der Waals surface area contributed by atoms with Gasteiger partial charge in [0.25, 0.3) is 0 Å². The number of thiophene rings is 2. The lowest BCUT2D eigenvalue weighted by Gasteiger charge is -2.32. The average Bonchev–Trinajstić information content (AvgIpc) is 3.79. The topological polar surface area (TPSA) is 36.9 Å². The van der Waals surface area contributed by atoms with Crippen molar-refractivity contribution in [2.75, 3.05) is 0 Å². The number of hydrogen-bond acceptors (Lipinski definition) is 6. The van der Waals surface area contributed by atoms with Gasteiger partial charge in [0.1, 0.15) is 0 Å². The summed E-state index contributed by atoms with van der Waals surface area (Å²) in [4.78, 5) is 2.82. The summed E-state index contributed by atoms with van der Waals surface area (Å²) in [6, 6.07) is 4.85. The first-order chi connectivity index (χ1) is 24.7. The van der Waals surface area contributed by atoms with Crippen LogP contribution in [0, 0.1) is 0 Å². The fraction of sp³-hybridized carbons (Fsp3) is 0.818. The molecule has 2 aromatic heterocycles. The molecule has 0 aliphatic carbocycles. The van der Waals surface area contributed by atoms with Crippen molar-refractivity contribution in [1.82, 2.24) is 0 Å². The van der Waals surface area contributed by atoms with Gasteiger partial charge in [-0.1, -0.05) is 129 Å². The molecule has 0 atom stereocenters. The normalized spacial score (nSPS) is 19.0. The van der Waals surface area contributed by atoms with Crippen molar-refractivity contribution < 1.29 is 18.6 Å². The predicted molar refractivity (Wildman–Crippen MR) is 230 cm³/mol. The van der Waals surface area contributed by atoms with Crippen molar-refractivity contribution in [2.24, 2.45) is 0 Å². The SMILES string of the molecule is CCCCCCCCCCCCc1cc(B2OC(C)(C)C(C)(C)O2)sc1-c1sc(B2OC(C)(C)C(C)(C)O2)cc1CCCCCCCCCCCC. The van der Waals surface area contributed by atoms with Crippen LogP contribution in [0.5, 0.6) is 0 Å². The van der Waals surface area contributed by atoms with E-state index in [9.17, 15) is 0 Å². The van der Waals surface area contributed by atoms with Gasteiger partial charge in [-0.2, -0.15) is 0 Å². The van der Waals surface area contributed by atoms with Crippen LogP contribution >= 0.6 is 22.7 Å². The Morgan fingerprint density at radius 1 is 0.404 bits per heavy atom. The molecular formula is C44H76B2O4S2. The summed E-state index contributed by atoms with van der Waals surface area (Å²) in [6.45, 7) is 21.9. The van der Waals surface area contributed by atoms with Crippen LogP contribution in [0.25, 0.3) is 9.75 Å². The van der Waals surface area contributed by atoms with E-state index in [4.69, 9.17) is 18.6 Å². The van der Waals surface area contributed by atoms with E-state index in [1.807, 2.05) is 22.7 Å². The van der Waals surface area contributed by atoms with Crippen LogP contribution in [0.2, 0.25) is 0 Å². The third kappa shape index (κ3) is 12.2. The molecule has 0 radical (unpaired) electrons. The summed E-state index contributed by atoms with van der Waals surface area (Å²) in [5, 5.41) is 0. The largest absolute Gasteiger partial charge is 0.505 e. The molecule has 0 bridgehead atoms. The maximum absolute atomic E-state index is 6.61. The zero-order valence-electron chi connectivity index (χ0n) is 35.3. The second kappa shape index (κ2) is 20.5. The number of hydrogen-bond donors (Lipinski definition) is 0. The van der Waals surface area contributed by atoms with E-state index in [0.29, 0.717) is 0 Å². The quantitative estimate of drug-likeness (QED) is 0.0747. The predicted octanol–water partition coefficient (Wildman–Crippen LogP) is 13.0. The molecule has 0 saturated carbocycles. The Morgan fingerprint density at radius 2 is 0.654 bits per heavy atom. The summed E-state index contributed by atoms with van der Waals surface area (Å²) < 4.78 is 28.8. The van der Waals surface area contributed by atoms with E-state index in [-0.39, 0.29) is 36.6 Å². The highest BCUT2D eigenvalue weighted by molar-refractivity contribution is 7.31. The second-order valence-electron chi connectivity index (χ2n) is 18.0. The van der Waals surface area contributed by atoms with Crippen molar-refractivity contribution in [3.63, 3.8) is 0 Å². The minimum Gasteiger partial charge on any atom is -0.399 e. The molecule has 52 heavy (non-hydrogen) atoms. The summed E-state index contributed by atoms with van der Waals surface area (Å²) in [7, 11) is -0.661. The molecule has 2 aliphatic rings. The van der Waals surface area contributed by atoms with E-state index in [1.54, 1.807) is 0 Å². The number of aryl methyl sites for hydroxylation is 2. The summed E-state index contributed by atoms with van der Waals surface area (Å²) >= 11 is 3.80. The fourth-order valence-electron chi connectivity index (χ4n) is 7.41. The molecular weight excluding hydrogens is 678 g/mol. The van der Waals surface area contributed by atoms with Gasteiger partial charge >= 0.3 is 14.2 Å². The molecule has 0 unspecified atom stereocenters. The Hall–Kier alpha value is -0.630. The van der Waals surface area contributed by atoms with Crippen molar-refractivity contribution in [3.05, 3.63) is 23.3 Å². The van der Waals surface area contributed by atoms with Crippen LogP contribution in [0.1, 0.15) is 209 Å². The minimum absolute atomic E-state index is 0.330. The Morgan fingerprint density at radius 3 is 0.923 bits per heavy atom. The Labute approximate surface area is 329 Å². The number of rotatable bonds is 25. The molecule has 4 nitrogen and oxygen atoms in total. The summed E-state index contributed by atoms with van der Waals surface area (Å²) in [5.41, 5.74) is 1.50. The molecule has 0 amide bonds. The average molecular weight is 755 g/mol. The van der Waals surface area contributed by atoms with E-state index in [1.165, 1.54) is 159 Å². The Kier molecular flexibility index (Phi) is 17.4. The van der Waals surface area contributed by atoms with Gasteiger partial charge < -0.3 is 18.6 Å². The Bertz CT molecular complexity index is 1200. The first kappa shape index (κ1) is 44.1. The van der Waals surface area contributed by atoms with E-state index >= 15 is 0 Å². The maximum Gasteiger partial charge on any atom is 0.505 e. The van der Waals surface area contributed by atoms with Gasteiger partial charge in [-0.15, -0.1) is 22.7 Å². The van der Waals surface area contributed by atoms with Crippen molar-refractivity contribution >= 4 is 46.5 Å². The summed E-state index contributed by atoms with van der Waals surface area (Å²) in [6.07, 6.45) is 29.3. The molecule has 2 saturated heterocycles. The van der Waals surface area contributed by atoms with Gasteiger partial charge in [-0.3, -0.25) is 0 Å². The molecule has 4 heterocycles. The van der Waals surface area contributed by atoms with Gasteiger partial charge in [0.2, 0.25) is 0 Å². The second-order valence-corrected chi connectivity index (χ2v) is 20.2. The maximum atomic E-state index is 6.61. The minimum atomic E-state index is -0.355. The number of unbranched alkanes of at least 4 members (excludes halogenated alkanes) is 18. The molecule has 0 N–H and O–H groups in total. The van der Waals surface area contributed by atoms with Gasteiger partial charge in [-0.05, 0) is 104 Å². The zero-order valence-corrected chi connectivity index (χ0v) is 36.9. The molecule has 2 aliphatic heterocycles. The van der Waals surface area contributed by atoms with E-state index in [0.717, 1.165) is 12.8 Å².